The second-order valence-corrected chi connectivity index (χ2v) is 5.93. The van der Waals surface area contributed by atoms with E-state index in [1.807, 2.05) is 7.05 Å². The number of hydrogen-bond acceptors (Lipinski definition) is 1. The van der Waals surface area contributed by atoms with Crippen LogP contribution in [0.4, 0.5) is 0 Å². The molecule has 2 aromatic carbocycles. The van der Waals surface area contributed by atoms with Crippen molar-refractivity contribution in [2.24, 2.45) is 0 Å². The normalized spacial score (nSPS) is 15.1. The Morgan fingerprint density at radius 3 is 2.40 bits per heavy atom. The molecular formula is C19H23N. The monoisotopic (exact) mass is 265 g/mol. The molecule has 0 saturated heterocycles. The molecular weight excluding hydrogens is 242 g/mol. The molecule has 1 N–H and O–H groups in total. The lowest BCUT2D eigenvalue weighted by atomic mass is 9.79. The molecule has 1 fully saturated rings. The van der Waals surface area contributed by atoms with Crippen LogP contribution in [0.5, 0.6) is 0 Å². The highest BCUT2D eigenvalue weighted by molar-refractivity contribution is 5.68. The molecule has 0 heterocycles. The van der Waals surface area contributed by atoms with Crippen LogP contribution in [0.1, 0.15) is 41.9 Å². The first-order valence-electron chi connectivity index (χ1n) is 7.62. The quantitative estimate of drug-likeness (QED) is 0.848. The minimum atomic E-state index is 0.820. The highest BCUT2D eigenvalue weighted by Gasteiger charge is 2.19. The second kappa shape index (κ2) is 5.80. The van der Waals surface area contributed by atoms with E-state index in [2.05, 4.69) is 54.7 Å². The summed E-state index contributed by atoms with van der Waals surface area (Å²) in [6, 6.07) is 16.0. The standard InChI is InChI=1S/C19H23N/c1-14-6-7-15(13-20-2)12-19(14)18-10-8-17(9-11-18)16-4-3-5-16/h6-12,16,20H,3-5,13H2,1-2H3. The molecule has 104 valence electrons. The highest BCUT2D eigenvalue weighted by atomic mass is 14.8. The SMILES string of the molecule is CNCc1ccc(C)c(-c2ccc(C3CCC3)cc2)c1. The molecule has 0 radical (unpaired) electrons. The molecule has 0 atom stereocenters. The number of aryl methyl sites for hydroxylation is 1. The molecule has 2 aromatic rings. The van der Waals surface area contributed by atoms with Crippen LogP contribution in [0.3, 0.4) is 0 Å². The summed E-state index contributed by atoms with van der Waals surface area (Å²) in [6.07, 6.45) is 4.14. The van der Waals surface area contributed by atoms with Gasteiger partial charge in [-0.1, -0.05) is 42.8 Å². The molecule has 0 aromatic heterocycles. The van der Waals surface area contributed by atoms with Crippen molar-refractivity contribution in [3.63, 3.8) is 0 Å². The van der Waals surface area contributed by atoms with Crippen molar-refractivity contribution in [2.45, 2.75) is 38.6 Å². The maximum Gasteiger partial charge on any atom is 0.0202 e. The Labute approximate surface area is 122 Å². The lowest BCUT2D eigenvalue weighted by Crippen LogP contribution is -2.08. The van der Waals surface area contributed by atoms with E-state index in [9.17, 15) is 0 Å². The van der Waals surface area contributed by atoms with Crippen molar-refractivity contribution >= 4 is 0 Å². The molecule has 1 aliphatic rings. The molecule has 0 aliphatic heterocycles. The van der Waals surface area contributed by atoms with Crippen LogP contribution >= 0.6 is 0 Å². The summed E-state index contributed by atoms with van der Waals surface area (Å²) in [5, 5.41) is 3.22. The predicted molar refractivity (Wildman–Crippen MR) is 86.0 cm³/mol. The molecule has 1 nitrogen and oxygen atoms in total. The molecule has 0 unspecified atom stereocenters. The van der Waals surface area contributed by atoms with E-state index in [-0.39, 0.29) is 0 Å². The summed E-state index contributed by atoms with van der Waals surface area (Å²) in [7, 11) is 1.99. The molecule has 0 bridgehead atoms. The third-order valence-corrected chi connectivity index (χ3v) is 4.48. The van der Waals surface area contributed by atoms with Gasteiger partial charge in [0.1, 0.15) is 0 Å². The van der Waals surface area contributed by atoms with Gasteiger partial charge in [0.25, 0.3) is 0 Å². The summed E-state index contributed by atoms with van der Waals surface area (Å²) in [5.74, 6) is 0.820. The Balaban J connectivity index is 1.89. The molecule has 1 saturated carbocycles. The van der Waals surface area contributed by atoms with Crippen molar-refractivity contribution in [1.82, 2.24) is 5.32 Å². The van der Waals surface area contributed by atoms with Crippen LogP contribution in [0.2, 0.25) is 0 Å². The van der Waals surface area contributed by atoms with Gasteiger partial charge in [0.05, 0.1) is 0 Å². The summed E-state index contributed by atoms with van der Waals surface area (Å²) in [5.41, 5.74) is 6.91. The van der Waals surface area contributed by atoms with E-state index in [0.717, 1.165) is 12.5 Å². The summed E-state index contributed by atoms with van der Waals surface area (Å²) in [4.78, 5) is 0. The zero-order chi connectivity index (χ0) is 13.9. The Bertz CT molecular complexity index is 579. The number of nitrogens with one attached hydrogen (secondary N) is 1. The maximum absolute atomic E-state index is 3.22. The third kappa shape index (κ3) is 2.64. The minimum Gasteiger partial charge on any atom is -0.316 e. The van der Waals surface area contributed by atoms with Crippen molar-refractivity contribution in [2.75, 3.05) is 7.05 Å². The topological polar surface area (TPSA) is 12.0 Å². The lowest BCUT2D eigenvalue weighted by Gasteiger charge is -2.25. The zero-order valence-corrected chi connectivity index (χ0v) is 12.4. The molecule has 0 amide bonds. The van der Waals surface area contributed by atoms with Gasteiger partial charge in [0.15, 0.2) is 0 Å². The first-order chi connectivity index (χ1) is 9.78. The number of hydrogen-bond donors (Lipinski definition) is 1. The first kappa shape index (κ1) is 13.4. The molecule has 1 aliphatic carbocycles. The fraction of sp³-hybridized carbons (Fsp3) is 0.368. The van der Waals surface area contributed by atoms with E-state index in [0.29, 0.717) is 0 Å². The van der Waals surface area contributed by atoms with Gasteiger partial charge in [-0.3, -0.25) is 0 Å². The van der Waals surface area contributed by atoms with Gasteiger partial charge in [-0.15, -0.1) is 0 Å². The van der Waals surface area contributed by atoms with Crippen LogP contribution in [-0.4, -0.2) is 7.05 Å². The van der Waals surface area contributed by atoms with Gasteiger partial charge in [-0.2, -0.15) is 0 Å². The van der Waals surface area contributed by atoms with Crippen molar-refractivity contribution in [3.8, 4) is 11.1 Å². The van der Waals surface area contributed by atoms with E-state index >= 15 is 0 Å². The van der Waals surface area contributed by atoms with Crippen LogP contribution in [0.15, 0.2) is 42.5 Å². The fourth-order valence-electron chi connectivity index (χ4n) is 2.97. The van der Waals surface area contributed by atoms with E-state index in [1.165, 1.54) is 47.1 Å². The van der Waals surface area contributed by atoms with Crippen LogP contribution in [0.25, 0.3) is 11.1 Å². The molecule has 3 rings (SSSR count). The maximum atomic E-state index is 3.22. The Hall–Kier alpha value is -1.60. The second-order valence-electron chi connectivity index (χ2n) is 5.93. The fourth-order valence-corrected chi connectivity index (χ4v) is 2.97. The van der Waals surface area contributed by atoms with Gasteiger partial charge in [-0.25, -0.2) is 0 Å². The van der Waals surface area contributed by atoms with Gasteiger partial charge >= 0.3 is 0 Å². The predicted octanol–water partition coefficient (Wildman–Crippen LogP) is 4.65. The summed E-state index contributed by atoms with van der Waals surface area (Å²) < 4.78 is 0. The third-order valence-electron chi connectivity index (χ3n) is 4.48. The van der Waals surface area contributed by atoms with Crippen molar-refractivity contribution < 1.29 is 0 Å². The molecule has 20 heavy (non-hydrogen) atoms. The number of benzene rings is 2. The highest BCUT2D eigenvalue weighted by Crippen LogP contribution is 2.37. The Kier molecular flexibility index (Phi) is 3.88. The summed E-state index contributed by atoms with van der Waals surface area (Å²) in [6.45, 7) is 3.12. The lowest BCUT2D eigenvalue weighted by molar-refractivity contribution is 0.420. The minimum absolute atomic E-state index is 0.820. The van der Waals surface area contributed by atoms with Gasteiger partial charge < -0.3 is 5.32 Å². The van der Waals surface area contributed by atoms with Crippen LogP contribution in [-0.2, 0) is 6.54 Å². The van der Waals surface area contributed by atoms with Crippen molar-refractivity contribution in [3.05, 3.63) is 59.2 Å². The smallest absolute Gasteiger partial charge is 0.0202 e. The zero-order valence-electron chi connectivity index (χ0n) is 12.4. The first-order valence-corrected chi connectivity index (χ1v) is 7.62. The van der Waals surface area contributed by atoms with E-state index in [4.69, 9.17) is 0 Å². The van der Waals surface area contributed by atoms with E-state index < -0.39 is 0 Å². The average Bonchev–Trinajstić information content (AvgIpc) is 2.40. The molecule has 1 heteroatoms. The van der Waals surface area contributed by atoms with E-state index in [1.54, 1.807) is 0 Å². The Morgan fingerprint density at radius 2 is 1.80 bits per heavy atom. The Morgan fingerprint density at radius 1 is 1.05 bits per heavy atom. The van der Waals surface area contributed by atoms with Gasteiger partial charge in [0.2, 0.25) is 0 Å². The largest absolute Gasteiger partial charge is 0.316 e. The molecule has 0 spiro atoms. The number of rotatable bonds is 4. The van der Waals surface area contributed by atoms with Crippen molar-refractivity contribution in [1.29, 1.82) is 0 Å². The van der Waals surface area contributed by atoms with Crippen LogP contribution < -0.4 is 5.32 Å². The average molecular weight is 265 g/mol. The van der Waals surface area contributed by atoms with Gasteiger partial charge in [0, 0.05) is 6.54 Å². The van der Waals surface area contributed by atoms with Gasteiger partial charge in [-0.05, 0) is 66.6 Å². The summed E-state index contributed by atoms with van der Waals surface area (Å²) >= 11 is 0. The van der Waals surface area contributed by atoms with Crippen LogP contribution in [0, 0.1) is 6.92 Å².